The van der Waals surface area contributed by atoms with Crippen LogP contribution >= 0.6 is 12.6 Å². The molecule has 45 valence electrons. The SMILES string of the molecule is CNC([C-]=O)CS.[Y]. The summed E-state index contributed by atoms with van der Waals surface area (Å²) in [6.45, 7) is 0. The first-order valence-electron chi connectivity index (χ1n) is 2.01. The Morgan fingerprint density at radius 2 is 2.38 bits per heavy atom. The van der Waals surface area contributed by atoms with E-state index in [1.807, 2.05) is 0 Å². The summed E-state index contributed by atoms with van der Waals surface area (Å²) in [6, 6.07) is -0.205. The van der Waals surface area contributed by atoms with E-state index in [1.54, 1.807) is 13.3 Å². The first-order valence-corrected chi connectivity index (χ1v) is 2.64. The van der Waals surface area contributed by atoms with Crippen LogP contribution in [0.1, 0.15) is 0 Å². The molecule has 8 heavy (non-hydrogen) atoms. The molecule has 1 radical (unpaired) electrons. The topological polar surface area (TPSA) is 29.1 Å². The van der Waals surface area contributed by atoms with Gasteiger partial charge in [0.25, 0.3) is 0 Å². The van der Waals surface area contributed by atoms with Crippen LogP contribution in [-0.4, -0.2) is 25.1 Å². The van der Waals surface area contributed by atoms with Gasteiger partial charge in [0.05, 0.1) is 0 Å². The van der Waals surface area contributed by atoms with E-state index in [0.29, 0.717) is 5.75 Å². The van der Waals surface area contributed by atoms with Crippen molar-refractivity contribution < 1.29 is 37.5 Å². The fourth-order valence-electron chi connectivity index (χ4n) is 0.187. The summed E-state index contributed by atoms with van der Waals surface area (Å²) in [7, 11) is 1.70. The van der Waals surface area contributed by atoms with E-state index >= 15 is 0 Å². The monoisotopic (exact) mass is 207 g/mol. The largest absolute Gasteiger partial charge is 0.540 e. The van der Waals surface area contributed by atoms with Gasteiger partial charge in [-0.25, -0.2) is 6.29 Å². The fourth-order valence-corrected chi connectivity index (χ4v) is 0.445. The van der Waals surface area contributed by atoms with Crippen molar-refractivity contribution >= 4 is 18.9 Å². The van der Waals surface area contributed by atoms with Gasteiger partial charge in [-0.15, -0.1) is 0 Å². The van der Waals surface area contributed by atoms with Crippen molar-refractivity contribution in [3.8, 4) is 0 Å². The number of hydrogen-bond acceptors (Lipinski definition) is 3. The molecule has 0 aliphatic carbocycles. The summed E-state index contributed by atoms with van der Waals surface area (Å²) in [4.78, 5) is 9.73. The first kappa shape index (κ1) is 11.8. The molecule has 4 heteroatoms. The summed E-state index contributed by atoms with van der Waals surface area (Å²) >= 11 is 3.85. The van der Waals surface area contributed by atoms with Crippen molar-refractivity contribution in [2.45, 2.75) is 6.04 Å². The van der Waals surface area contributed by atoms with Crippen molar-refractivity contribution in [1.82, 2.24) is 5.32 Å². The van der Waals surface area contributed by atoms with Gasteiger partial charge in [0.15, 0.2) is 0 Å². The molecule has 1 atom stereocenters. The molecule has 0 heterocycles. The van der Waals surface area contributed by atoms with Gasteiger partial charge in [-0.2, -0.15) is 12.6 Å². The molecule has 0 spiro atoms. The molecule has 1 unspecified atom stereocenters. The van der Waals surface area contributed by atoms with Crippen LogP contribution < -0.4 is 5.32 Å². The fraction of sp³-hybridized carbons (Fsp3) is 0.750. The maximum Gasteiger partial charge on any atom is 0 e. The Bertz CT molecular complexity index is 58.0. The van der Waals surface area contributed by atoms with E-state index in [2.05, 4.69) is 17.9 Å². The molecular weight excluding hydrogens is 199 g/mol. The zero-order valence-electron chi connectivity index (χ0n) is 4.72. The van der Waals surface area contributed by atoms with E-state index in [1.165, 1.54) is 0 Å². The molecule has 0 saturated carbocycles. The first-order chi connectivity index (χ1) is 3.35. The average molecular weight is 207 g/mol. The summed E-state index contributed by atoms with van der Waals surface area (Å²) < 4.78 is 0. The molecule has 0 fully saturated rings. The van der Waals surface area contributed by atoms with Crippen LogP contribution in [0.3, 0.4) is 0 Å². The summed E-state index contributed by atoms with van der Waals surface area (Å²) in [5, 5.41) is 2.70. The Kier molecular flexibility index (Phi) is 12.0. The van der Waals surface area contributed by atoms with Crippen LogP contribution in [0.4, 0.5) is 0 Å². The van der Waals surface area contributed by atoms with Gasteiger partial charge in [-0.05, 0) is 12.8 Å². The van der Waals surface area contributed by atoms with E-state index < -0.39 is 0 Å². The van der Waals surface area contributed by atoms with Gasteiger partial charge in [-0.3, -0.25) is 0 Å². The van der Waals surface area contributed by atoms with Crippen molar-refractivity contribution in [1.29, 1.82) is 0 Å². The van der Waals surface area contributed by atoms with Crippen LogP contribution in [-0.2, 0) is 37.5 Å². The number of rotatable bonds is 3. The van der Waals surface area contributed by atoms with Gasteiger partial charge < -0.3 is 10.1 Å². The zero-order chi connectivity index (χ0) is 5.70. The van der Waals surface area contributed by atoms with Gasteiger partial charge in [0.1, 0.15) is 0 Å². The second-order valence-electron chi connectivity index (χ2n) is 1.14. The quantitative estimate of drug-likeness (QED) is 0.487. The predicted octanol–water partition coefficient (Wildman–Crippen LogP) is -0.389. The van der Waals surface area contributed by atoms with E-state index in [0.717, 1.165) is 0 Å². The van der Waals surface area contributed by atoms with Gasteiger partial charge in [0.2, 0.25) is 0 Å². The Balaban J connectivity index is 0. The standard InChI is InChI=1S/C4H8NOS.Y/c1-5-4(2-6)3-7;/h4-5,7H,3H2,1H3;/q-1;. The maximum atomic E-state index is 9.73. The van der Waals surface area contributed by atoms with Crippen LogP contribution in [0, 0.1) is 0 Å². The van der Waals surface area contributed by atoms with Crippen molar-refractivity contribution in [2.24, 2.45) is 0 Å². The van der Waals surface area contributed by atoms with E-state index in [-0.39, 0.29) is 38.8 Å². The maximum absolute atomic E-state index is 9.73. The normalized spacial score (nSPS) is 11.8. The van der Waals surface area contributed by atoms with E-state index in [9.17, 15) is 4.79 Å². The number of likely N-dealkylation sites (N-methyl/N-ethyl adjacent to an activating group) is 1. The van der Waals surface area contributed by atoms with Crippen molar-refractivity contribution in [2.75, 3.05) is 12.8 Å². The smallest absolute Gasteiger partial charge is 0 e. The zero-order valence-corrected chi connectivity index (χ0v) is 8.45. The van der Waals surface area contributed by atoms with Crippen LogP contribution in [0.5, 0.6) is 0 Å². The van der Waals surface area contributed by atoms with Crippen LogP contribution in [0.25, 0.3) is 0 Å². The molecule has 0 aromatic carbocycles. The van der Waals surface area contributed by atoms with Crippen molar-refractivity contribution in [3.05, 3.63) is 0 Å². The molecule has 0 bridgehead atoms. The third kappa shape index (κ3) is 5.23. The number of hydrogen-bond donors (Lipinski definition) is 2. The molecule has 0 aromatic rings. The Hall–Kier alpha value is 1.08. The number of nitrogens with one attached hydrogen (secondary N) is 1. The average Bonchev–Trinajstić information content (AvgIpc) is 1.72. The number of carbonyl (C=O) groups excluding carboxylic acids is 1. The summed E-state index contributed by atoms with van der Waals surface area (Å²) in [5.41, 5.74) is 0. The second kappa shape index (κ2) is 8.08. The molecule has 0 saturated heterocycles. The molecule has 0 aliphatic heterocycles. The van der Waals surface area contributed by atoms with Crippen LogP contribution in [0.2, 0.25) is 0 Å². The van der Waals surface area contributed by atoms with Gasteiger partial charge >= 0.3 is 0 Å². The molecule has 0 aliphatic rings. The number of thiol groups is 1. The predicted molar refractivity (Wildman–Crippen MR) is 32.4 cm³/mol. The van der Waals surface area contributed by atoms with Crippen molar-refractivity contribution in [3.63, 3.8) is 0 Å². The Morgan fingerprint density at radius 1 is 1.88 bits per heavy atom. The molecule has 2 nitrogen and oxygen atoms in total. The van der Waals surface area contributed by atoms with E-state index in [4.69, 9.17) is 0 Å². The van der Waals surface area contributed by atoms with Gasteiger partial charge in [-0.1, -0.05) is 6.04 Å². The molecule has 0 amide bonds. The minimum atomic E-state index is -0.205. The van der Waals surface area contributed by atoms with Crippen LogP contribution in [0.15, 0.2) is 0 Å². The molecular formula is C4H8NOSY-. The minimum absolute atomic E-state index is 0. The van der Waals surface area contributed by atoms with Gasteiger partial charge in [0, 0.05) is 32.7 Å². The molecule has 1 N–H and O–H groups in total. The molecule has 0 rings (SSSR count). The second-order valence-corrected chi connectivity index (χ2v) is 1.51. The summed E-state index contributed by atoms with van der Waals surface area (Å²) in [6.07, 6.45) is 1.76. The Morgan fingerprint density at radius 3 is 2.38 bits per heavy atom. The summed E-state index contributed by atoms with van der Waals surface area (Å²) in [5.74, 6) is 0.514. The molecule has 0 aromatic heterocycles. The Labute approximate surface area is 80.1 Å². The third-order valence-electron chi connectivity index (χ3n) is 0.673. The minimum Gasteiger partial charge on any atom is -0.540 e. The third-order valence-corrected chi connectivity index (χ3v) is 1.04.